The highest BCUT2D eigenvalue weighted by atomic mass is 35.5. The van der Waals surface area contributed by atoms with E-state index < -0.39 is 10.8 Å². The molecule has 0 saturated carbocycles. The van der Waals surface area contributed by atoms with Gasteiger partial charge in [-0.05, 0) is 43.9 Å². The molecule has 0 spiro atoms. The van der Waals surface area contributed by atoms with Gasteiger partial charge in [-0.3, -0.25) is 14.4 Å². The molecule has 5 nitrogen and oxygen atoms in total. The smallest absolute Gasteiger partial charge is 0.316 e. The molecule has 2 amide bonds. The molecule has 0 unspecified atom stereocenters. The molecule has 1 aromatic carbocycles. The molecule has 0 N–H and O–H groups in total. The van der Waals surface area contributed by atoms with E-state index >= 15 is 0 Å². The van der Waals surface area contributed by atoms with Crippen LogP contribution in [0.3, 0.4) is 0 Å². The monoisotopic (exact) mass is 447 g/mol. The van der Waals surface area contributed by atoms with E-state index in [1.54, 1.807) is 18.2 Å². The van der Waals surface area contributed by atoms with Crippen LogP contribution in [0, 0.1) is 0 Å². The molecule has 2 aliphatic rings. The van der Waals surface area contributed by atoms with Crippen molar-refractivity contribution in [2.75, 3.05) is 17.3 Å². The molecule has 0 bridgehead atoms. The number of anilines is 1. The standard InChI is InChI=1S/C18H16Cl3NO4S/c19-13-6-5-10(7-14(13)27-9-16(23)26-8-15(20)21)22-17(24)11-3-1-2-4-12(11)18(22)25/h5-7,15H,1-4,8-9H2. The first-order valence-corrected chi connectivity index (χ1v) is 10.6. The van der Waals surface area contributed by atoms with Gasteiger partial charge in [-0.1, -0.05) is 11.6 Å². The number of hydrogen-bond acceptors (Lipinski definition) is 5. The number of carbonyl (C=O) groups excluding carboxylic acids is 3. The molecule has 1 heterocycles. The topological polar surface area (TPSA) is 63.7 Å². The number of nitrogens with zero attached hydrogens (tertiary/aromatic N) is 1. The van der Waals surface area contributed by atoms with Crippen LogP contribution in [0.4, 0.5) is 5.69 Å². The zero-order valence-electron chi connectivity index (χ0n) is 14.2. The first-order valence-electron chi connectivity index (χ1n) is 8.35. The highest BCUT2D eigenvalue weighted by molar-refractivity contribution is 8.00. The summed E-state index contributed by atoms with van der Waals surface area (Å²) in [5, 5.41) is 0.418. The third-order valence-corrected chi connectivity index (χ3v) is 6.00. The SMILES string of the molecule is O=C(CSc1cc(N2C(=O)C3=C(CCCC3)C2=O)ccc1Cl)OCC(Cl)Cl. The van der Waals surface area contributed by atoms with Gasteiger partial charge in [0.2, 0.25) is 0 Å². The first-order chi connectivity index (χ1) is 12.9. The van der Waals surface area contributed by atoms with Crippen LogP contribution in [0.1, 0.15) is 25.7 Å². The van der Waals surface area contributed by atoms with Crippen molar-refractivity contribution in [1.29, 1.82) is 0 Å². The average Bonchev–Trinajstić information content (AvgIpc) is 2.90. The largest absolute Gasteiger partial charge is 0.462 e. The quantitative estimate of drug-likeness (QED) is 0.277. The Morgan fingerprint density at radius 3 is 2.37 bits per heavy atom. The van der Waals surface area contributed by atoms with Gasteiger partial charge in [-0.15, -0.1) is 35.0 Å². The Kier molecular flexibility index (Phi) is 6.74. The van der Waals surface area contributed by atoms with Gasteiger partial charge in [-0.25, -0.2) is 4.90 Å². The Labute approximate surface area is 176 Å². The molecule has 0 radical (unpaired) electrons. The van der Waals surface area contributed by atoms with E-state index in [0.29, 0.717) is 39.6 Å². The third-order valence-electron chi connectivity index (χ3n) is 4.28. The van der Waals surface area contributed by atoms with E-state index in [9.17, 15) is 14.4 Å². The summed E-state index contributed by atoms with van der Waals surface area (Å²) >= 11 is 18.4. The van der Waals surface area contributed by atoms with E-state index in [2.05, 4.69) is 0 Å². The number of ether oxygens (including phenoxy) is 1. The molecular weight excluding hydrogens is 433 g/mol. The number of amides is 2. The van der Waals surface area contributed by atoms with E-state index in [4.69, 9.17) is 39.5 Å². The predicted octanol–water partition coefficient (Wildman–Crippen LogP) is 4.52. The highest BCUT2D eigenvalue weighted by Gasteiger charge is 2.39. The summed E-state index contributed by atoms with van der Waals surface area (Å²) in [6, 6.07) is 4.88. The number of benzene rings is 1. The molecule has 27 heavy (non-hydrogen) atoms. The fraction of sp³-hybridized carbons (Fsp3) is 0.389. The molecule has 0 aromatic heterocycles. The summed E-state index contributed by atoms with van der Waals surface area (Å²) in [6.45, 7) is -0.0930. The minimum absolute atomic E-state index is 0.000311. The van der Waals surface area contributed by atoms with Crippen molar-refractivity contribution in [1.82, 2.24) is 0 Å². The lowest BCUT2D eigenvalue weighted by molar-refractivity contribution is -0.140. The Morgan fingerprint density at radius 2 is 1.78 bits per heavy atom. The van der Waals surface area contributed by atoms with Crippen LogP contribution in [-0.2, 0) is 19.1 Å². The van der Waals surface area contributed by atoms with Crippen LogP contribution in [0.5, 0.6) is 0 Å². The number of esters is 1. The predicted molar refractivity (Wildman–Crippen MR) is 107 cm³/mol. The van der Waals surface area contributed by atoms with Crippen LogP contribution in [0.15, 0.2) is 34.2 Å². The maximum atomic E-state index is 12.7. The number of imide groups is 1. The average molecular weight is 449 g/mol. The van der Waals surface area contributed by atoms with Crippen molar-refractivity contribution in [3.8, 4) is 0 Å². The summed E-state index contributed by atoms with van der Waals surface area (Å²) in [5.74, 6) is -1.01. The second kappa shape index (κ2) is 8.86. The molecule has 9 heteroatoms. The Bertz CT molecular complexity index is 797. The van der Waals surface area contributed by atoms with Crippen molar-refractivity contribution in [2.24, 2.45) is 0 Å². The summed E-state index contributed by atoms with van der Waals surface area (Å²) in [7, 11) is 0. The maximum absolute atomic E-state index is 12.7. The summed E-state index contributed by atoms with van der Waals surface area (Å²) in [4.78, 5) is 38.0. The van der Waals surface area contributed by atoms with Gasteiger partial charge in [0, 0.05) is 16.0 Å². The lowest BCUT2D eigenvalue weighted by atomic mass is 9.93. The fourth-order valence-electron chi connectivity index (χ4n) is 3.05. The van der Waals surface area contributed by atoms with Gasteiger partial charge in [0.1, 0.15) is 11.4 Å². The minimum Gasteiger partial charge on any atom is -0.462 e. The second-order valence-electron chi connectivity index (χ2n) is 6.09. The van der Waals surface area contributed by atoms with Crippen LogP contribution >= 0.6 is 46.6 Å². The molecule has 0 atom stereocenters. The van der Waals surface area contributed by atoms with Gasteiger partial charge in [0.05, 0.1) is 16.5 Å². The lowest BCUT2D eigenvalue weighted by Crippen LogP contribution is -2.31. The number of hydrogen-bond donors (Lipinski definition) is 0. The van der Waals surface area contributed by atoms with Gasteiger partial charge >= 0.3 is 5.97 Å². The van der Waals surface area contributed by atoms with Crippen LogP contribution in [0.25, 0.3) is 0 Å². The molecule has 0 saturated heterocycles. The van der Waals surface area contributed by atoms with Crippen LogP contribution in [-0.4, -0.2) is 35.0 Å². The minimum atomic E-state index is -0.781. The third kappa shape index (κ3) is 4.62. The number of thioether (sulfide) groups is 1. The van der Waals surface area contributed by atoms with Crippen molar-refractivity contribution < 1.29 is 19.1 Å². The molecule has 1 aromatic rings. The summed E-state index contributed by atoms with van der Waals surface area (Å²) in [5.41, 5.74) is 1.69. The molecule has 3 rings (SSSR count). The zero-order valence-corrected chi connectivity index (χ0v) is 17.3. The van der Waals surface area contributed by atoms with Crippen molar-refractivity contribution in [3.63, 3.8) is 0 Å². The fourth-order valence-corrected chi connectivity index (χ4v) is 4.22. The van der Waals surface area contributed by atoms with Gasteiger partial charge < -0.3 is 4.74 Å². The second-order valence-corrected chi connectivity index (χ2v) is 8.79. The summed E-state index contributed by atoms with van der Waals surface area (Å²) in [6.07, 6.45) is 3.11. The molecule has 0 fully saturated rings. The molecule has 1 aliphatic heterocycles. The summed E-state index contributed by atoms with van der Waals surface area (Å²) < 4.78 is 4.90. The normalized spacial score (nSPS) is 17.0. The van der Waals surface area contributed by atoms with Crippen LogP contribution in [0.2, 0.25) is 5.02 Å². The molecule has 1 aliphatic carbocycles. The number of carbonyl (C=O) groups is 3. The van der Waals surface area contributed by atoms with E-state index in [0.717, 1.165) is 24.6 Å². The molecular formula is C18H16Cl3NO4S. The van der Waals surface area contributed by atoms with E-state index in [-0.39, 0.29) is 24.2 Å². The van der Waals surface area contributed by atoms with Gasteiger partial charge in [0.15, 0.2) is 0 Å². The Balaban J connectivity index is 1.73. The van der Waals surface area contributed by atoms with Crippen molar-refractivity contribution in [3.05, 3.63) is 34.4 Å². The maximum Gasteiger partial charge on any atom is 0.316 e. The lowest BCUT2D eigenvalue weighted by Gasteiger charge is -2.16. The van der Waals surface area contributed by atoms with E-state index in [1.807, 2.05) is 0 Å². The van der Waals surface area contributed by atoms with Gasteiger partial charge in [0.25, 0.3) is 11.8 Å². The van der Waals surface area contributed by atoms with Crippen molar-refractivity contribution >= 4 is 70.0 Å². The van der Waals surface area contributed by atoms with Crippen LogP contribution < -0.4 is 4.90 Å². The molecule has 144 valence electrons. The number of alkyl halides is 2. The van der Waals surface area contributed by atoms with Crippen molar-refractivity contribution in [2.45, 2.75) is 35.4 Å². The van der Waals surface area contributed by atoms with Gasteiger partial charge in [-0.2, -0.15) is 0 Å². The number of halogens is 3. The first kappa shape index (κ1) is 20.5. The Morgan fingerprint density at radius 1 is 1.15 bits per heavy atom. The number of rotatable bonds is 6. The van der Waals surface area contributed by atoms with E-state index in [1.165, 1.54) is 4.90 Å². The zero-order chi connectivity index (χ0) is 19.6. The highest BCUT2D eigenvalue weighted by Crippen LogP contribution is 2.38. The Hall–Kier alpha value is -1.21.